The van der Waals surface area contributed by atoms with E-state index in [0.717, 1.165) is 29.6 Å². The van der Waals surface area contributed by atoms with Gasteiger partial charge in [-0.15, -0.1) is 0 Å². The van der Waals surface area contributed by atoms with Crippen LogP contribution >= 0.6 is 15.9 Å². The number of aryl methyl sites for hydroxylation is 1. The summed E-state index contributed by atoms with van der Waals surface area (Å²) >= 11 is 3.57. The van der Waals surface area contributed by atoms with Gasteiger partial charge in [0.15, 0.2) is 0 Å². The van der Waals surface area contributed by atoms with Gasteiger partial charge >= 0.3 is 0 Å². The van der Waals surface area contributed by atoms with Gasteiger partial charge in [0.25, 0.3) is 0 Å². The van der Waals surface area contributed by atoms with Crippen molar-refractivity contribution in [1.82, 2.24) is 0 Å². The Morgan fingerprint density at radius 2 is 2.12 bits per heavy atom. The van der Waals surface area contributed by atoms with Crippen molar-refractivity contribution in [3.05, 3.63) is 28.2 Å². The Morgan fingerprint density at radius 1 is 1.38 bits per heavy atom. The Bertz CT molecular complexity index is 328. The van der Waals surface area contributed by atoms with Crippen LogP contribution in [0.2, 0.25) is 0 Å². The summed E-state index contributed by atoms with van der Waals surface area (Å²) in [6.45, 7) is 3.04. The van der Waals surface area contributed by atoms with E-state index in [0.29, 0.717) is 5.92 Å². The van der Waals surface area contributed by atoms with Crippen LogP contribution in [-0.2, 0) is 6.42 Å². The quantitative estimate of drug-likeness (QED) is 0.870. The van der Waals surface area contributed by atoms with E-state index in [1.807, 2.05) is 12.1 Å². The minimum absolute atomic E-state index is 0.694. The molecule has 0 saturated carbocycles. The molecule has 0 aliphatic heterocycles. The molecule has 90 valence electrons. The summed E-state index contributed by atoms with van der Waals surface area (Å²) in [7, 11) is 1.69. The fourth-order valence-corrected chi connectivity index (χ4v) is 2.24. The Morgan fingerprint density at radius 3 is 2.69 bits per heavy atom. The Kier molecular flexibility index (Phi) is 5.85. The van der Waals surface area contributed by atoms with E-state index >= 15 is 0 Å². The van der Waals surface area contributed by atoms with Crippen LogP contribution < -0.4 is 10.5 Å². The van der Waals surface area contributed by atoms with Gasteiger partial charge in [-0.25, -0.2) is 0 Å². The highest BCUT2D eigenvalue weighted by atomic mass is 79.9. The van der Waals surface area contributed by atoms with Crippen molar-refractivity contribution in [3.63, 3.8) is 0 Å². The molecule has 0 heterocycles. The zero-order valence-electron chi connectivity index (χ0n) is 10.0. The highest BCUT2D eigenvalue weighted by Gasteiger charge is 2.05. The predicted octanol–water partition coefficient (Wildman–Crippen LogP) is 3.38. The van der Waals surface area contributed by atoms with Crippen molar-refractivity contribution in [3.8, 4) is 5.75 Å². The number of hydrogen-bond donors (Lipinski definition) is 1. The van der Waals surface area contributed by atoms with Crippen LogP contribution in [0.3, 0.4) is 0 Å². The normalized spacial score (nSPS) is 12.5. The molecule has 1 aromatic rings. The number of hydrogen-bond acceptors (Lipinski definition) is 2. The topological polar surface area (TPSA) is 35.2 Å². The van der Waals surface area contributed by atoms with Crippen LogP contribution in [0.5, 0.6) is 5.75 Å². The summed E-state index contributed by atoms with van der Waals surface area (Å²) in [5.74, 6) is 1.59. The molecular weight excluding hydrogens is 266 g/mol. The highest BCUT2D eigenvalue weighted by molar-refractivity contribution is 9.10. The van der Waals surface area contributed by atoms with Gasteiger partial charge in [-0.3, -0.25) is 0 Å². The molecule has 0 saturated heterocycles. The molecule has 0 amide bonds. The van der Waals surface area contributed by atoms with Crippen molar-refractivity contribution in [1.29, 1.82) is 0 Å². The number of benzene rings is 1. The molecule has 1 aromatic carbocycles. The molecule has 0 aromatic heterocycles. The van der Waals surface area contributed by atoms with Crippen LogP contribution in [0.25, 0.3) is 0 Å². The second kappa shape index (κ2) is 6.92. The maximum Gasteiger partial charge on any atom is 0.120 e. The van der Waals surface area contributed by atoms with Gasteiger partial charge < -0.3 is 10.5 Å². The minimum Gasteiger partial charge on any atom is -0.497 e. The molecule has 1 unspecified atom stereocenters. The SMILES string of the molecule is COc1ccc(CCC(C)CCN)c(Br)c1. The van der Waals surface area contributed by atoms with Gasteiger partial charge in [0, 0.05) is 4.47 Å². The average molecular weight is 286 g/mol. The Hall–Kier alpha value is -0.540. The van der Waals surface area contributed by atoms with E-state index in [1.54, 1.807) is 7.11 Å². The van der Waals surface area contributed by atoms with Gasteiger partial charge in [0.1, 0.15) is 5.75 Å². The number of methoxy groups -OCH3 is 1. The number of rotatable bonds is 6. The summed E-state index contributed by atoms with van der Waals surface area (Å²) in [4.78, 5) is 0. The summed E-state index contributed by atoms with van der Waals surface area (Å²) in [6.07, 6.45) is 3.38. The van der Waals surface area contributed by atoms with Gasteiger partial charge in [-0.2, -0.15) is 0 Å². The molecular formula is C13H20BrNO. The lowest BCUT2D eigenvalue weighted by atomic mass is 9.98. The summed E-state index contributed by atoms with van der Waals surface area (Å²) in [5.41, 5.74) is 6.88. The first-order valence-electron chi connectivity index (χ1n) is 5.70. The Labute approximate surface area is 106 Å². The molecule has 0 radical (unpaired) electrons. The monoisotopic (exact) mass is 285 g/mol. The minimum atomic E-state index is 0.694. The third-order valence-electron chi connectivity index (χ3n) is 2.83. The van der Waals surface area contributed by atoms with Crippen molar-refractivity contribution in [2.75, 3.05) is 13.7 Å². The van der Waals surface area contributed by atoms with Crippen LogP contribution in [0.4, 0.5) is 0 Å². The van der Waals surface area contributed by atoms with E-state index in [2.05, 4.69) is 28.9 Å². The number of halogens is 1. The molecule has 2 N–H and O–H groups in total. The maximum absolute atomic E-state index is 5.54. The standard InChI is InChI=1S/C13H20BrNO/c1-10(7-8-15)3-4-11-5-6-12(16-2)9-13(11)14/h5-6,9-10H,3-4,7-8,15H2,1-2H3. The zero-order valence-corrected chi connectivity index (χ0v) is 11.6. The lowest BCUT2D eigenvalue weighted by Crippen LogP contribution is -2.06. The number of ether oxygens (including phenoxy) is 1. The predicted molar refractivity (Wildman–Crippen MR) is 71.9 cm³/mol. The van der Waals surface area contributed by atoms with E-state index in [9.17, 15) is 0 Å². The molecule has 0 spiro atoms. The molecule has 0 fully saturated rings. The number of nitrogens with two attached hydrogens (primary N) is 1. The van der Waals surface area contributed by atoms with Crippen LogP contribution in [-0.4, -0.2) is 13.7 Å². The van der Waals surface area contributed by atoms with E-state index < -0.39 is 0 Å². The fourth-order valence-electron chi connectivity index (χ4n) is 1.69. The van der Waals surface area contributed by atoms with Gasteiger partial charge in [0.2, 0.25) is 0 Å². The molecule has 0 aliphatic rings. The van der Waals surface area contributed by atoms with Gasteiger partial charge in [-0.05, 0) is 49.4 Å². The molecule has 0 bridgehead atoms. The van der Waals surface area contributed by atoms with Gasteiger partial charge in [-0.1, -0.05) is 28.9 Å². The van der Waals surface area contributed by atoms with E-state index in [4.69, 9.17) is 10.5 Å². The lowest BCUT2D eigenvalue weighted by Gasteiger charge is -2.11. The molecule has 2 nitrogen and oxygen atoms in total. The zero-order chi connectivity index (χ0) is 12.0. The summed E-state index contributed by atoms with van der Waals surface area (Å²) in [5, 5.41) is 0. The molecule has 0 aliphatic carbocycles. The third kappa shape index (κ3) is 4.14. The smallest absolute Gasteiger partial charge is 0.120 e. The molecule has 3 heteroatoms. The van der Waals surface area contributed by atoms with Crippen LogP contribution in [0, 0.1) is 5.92 Å². The summed E-state index contributed by atoms with van der Waals surface area (Å²) < 4.78 is 6.30. The van der Waals surface area contributed by atoms with Crippen molar-refractivity contribution >= 4 is 15.9 Å². The molecule has 1 rings (SSSR count). The van der Waals surface area contributed by atoms with Crippen LogP contribution in [0.15, 0.2) is 22.7 Å². The average Bonchev–Trinajstić information content (AvgIpc) is 2.27. The van der Waals surface area contributed by atoms with Crippen molar-refractivity contribution in [2.45, 2.75) is 26.2 Å². The maximum atomic E-state index is 5.54. The van der Waals surface area contributed by atoms with Gasteiger partial charge in [0.05, 0.1) is 7.11 Å². The van der Waals surface area contributed by atoms with E-state index in [1.165, 1.54) is 12.0 Å². The fraction of sp³-hybridized carbons (Fsp3) is 0.538. The molecule has 1 atom stereocenters. The van der Waals surface area contributed by atoms with Crippen molar-refractivity contribution < 1.29 is 4.74 Å². The highest BCUT2D eigenvalue weighted by Crippen LogP contribution is 2.25. The lowest BCUT2D eigenvalue weighted by molar-refractivity contribution is 0.414. The van der Waals surface area contributed by atoms with E-state index in [-0.39, 0.29) is 0 Å². The van der Waals surface area contributed by atoms with Crippen LogP contribution in [0.1, 0.15) is 25.3 Å². The molecule has 16 heavy (non-hydrogen) atoms. The first-order chi connectivity index (χ1) is 7.67. The second-order valence-corrected chi connectivity index (χ2v) is 5.03. The Balaban J connectivity index is 2.54. The second-order valence-electron chi connectivity index (χ2n) is 4.18. The van der Waals surface area contributed by atoms with Crippen molar-refractivity contribution in [2.24, 2.45) is 11.7 Å². The first-order valence-corrected chi connectivity index (χ1v) is 6.49. The first kappa shape index (κ1) is 13.5. The largest absolute Gasteiger partial charge is 0.497 e. The third-order valence-corrected chi connectivity index (χ3v) is 3.56. The summed E-state index contributed by atoms with van der Waals surface area (Å²) in [6, 6.07) is 6.15.